The summed E-state index contributed by atoms with van der Waals surface area (Å²) >= 11 is 0. The number of rotatable bonds is 7. The normalized spacial score (nSPS) is 22.5. The smallest absolute Gasteiger partial charge is 0.237 e. The lowest BCUT2D eigenvalue weighted by atomic mass is 9.96. The van der Waals surface area contributed by atoms with Gasteiger partial charge in [0.2, 0.25) is 5.91 Å². The van der Waals surface area contributed by atoms with Gasteiger partial charge < -0.3 is 10.6 Å². The summed E-state index contributed by atoms with van der Waals surface area (Å²) in [5.41, 5.74) is 0. The van der Waals surface area contributed by atoms with Crippen LogP contribution in [0, 0.1) is 11.8 Å². The van der Waals surface area contributed by atoms with E-state index in [-0.39, 0.29) is 11.9 Å². The topological polar surface area (TPSA) is 44.4 Å². The van der Waals surface area contributed by atoms with Crippen molar-refractivity contribution in [1.82, 2.24) is 15.5 Å². The van der Waals surface area contributed by atoms with E-state index in [1.807, 2.05) is 13.8 Å². The van der Waals surface area contributed by atoms with Crippen molar-refractivity contribution in [3.8, 4) is 0 Å². The first-order valence-electron chi connectivity index (χ1n) is 7.77. The Morgan fingerprint density at radius 2 is 2.11 bits per heavy atom. The van der Waals surface area contributed by atoms with Crippen molar-refractivity contribution in [2.24, 2.45) is 11.8 Å². The summed E-state index contributed by atoms with van der Waals surface area (Å²) in [5, 5.41) is 6.46. The molecule has 1 aliphatic heterocycles. The zero-order chi connectivity index (χ0) is 14.3. The molecule has 1 amide bonds. The molecule has 0 bridgehead atoms. The van der Waals surface area contributed by atoms with Crippen LogP contribution in [0.2, 0.25) is 0 Å². The van der Waals surface area contributed by atoms with E-state index in [1.54, 1.807) is 0 Å². The van der Waals surface area contributed by atoms with Crippen molar-refractivity contribution >= 4 is 5.91 Å². The van der Waals surface area contributed by atoms with Crippen molar-refractivity contribution in [2.75, 3.05) is 32.7 Å². The maximum atomic E-state index is 11.9. The van der Waals surface area contributed by atoms with E-state index in [1.165, 1.54) is 12.8 Å². The number of likely N-dealkylation sites (N-methyl/N-ethyl adjacent to an activating group) is 1. The molecule has 1 fully saturated rings. The second kappa shape index (κ2) is 8.54. The van der Waals surface area contributed by atoms with Crippen LogP contribution in [-0.2, 0) is 4.79 Å². The van der Waals surface area contributed by atoms with Gasteiger partial charge >= 0.3 is 0 Å². The van der Waals surface area contributed by atoms with Crippen molar-refractivity contribution in [2.45, 2.75) is 46.6 Å². The largest absolute Gasteiger partial charge is 0.355 e. The van der Waals surface area contributed by atoms with Crippen molar-refractivity contribution in [1.29, 1.82) is 0 Å². The van der Waals surface area contributed by atoms with Gasteiger partial charge in [-0.1, -0.05) is 13.8 Å². The third kappa shape index (κ3) is 5.91. The molecule has 19 heavy (non-hydrogen) atoms. The van der Waals surface area contributed by atoms with Crippen LogP contribution in [0.25, 0.3) is 0 Å². The van der Waals surface area contributed by atoms with Gasteiger partial charge in [0, 0.05) is 13.1 Å². The number of carbonyl (C=O) groups excluding carboxylic acids is 1. The van der Waals surface area contributed by atoms with Crippen LogP contribution in [0.4, 0.5) is 0 Å². The quantitative estimate of drug-likeness (QED) is 0.735. The maximum absolute atomic E-state index is 11.9. The number of amides is 1. The van der Waals surface area contributed by atoms with E-state index in [0.717, 1.165) is 32.7 Å². The highest BCUT2D eigenvalue weighted by Crippen LogP contribution is 2.18. The number of nitrogens with one attached hydrogen (secondary N) is 2. The van der Waals surface area contributed by atoms with Crippen LogP contribution < -0.4 is 10.6 Å². The minimum atomic E-state index is 0.00727. The monoisotopic (exact) mass is 269 g/mol. The molecule has 1 saturated heterocycles. The molecule has 2 atom stereocenters. The highest BCUT2D eigenvalue weighted by atomic mass is 16.2. The van der Waals surface area contributed by atoms with Crippen LogP contribution in [0.15, 0.2) is 0 Å². The summed E-state index contributed by atoms with van der Waals surface area (Å²) in [7, 11) is 0. The van der Waals surface area contributed by atoms with Gasteiger partial charge in [0.1, 0.15) is 0 Å². The summed E-state index contributed by atoms with van der Waals surface area (Å²) in [6.07, 6.45) is 2.49. The third-order valence-electron chi connectivity index (χ3n) is 3.81. The summed E-state index contributed by atoms with van der Waals surface area (Å²) in [5.74, 6) is 1.55. The van der Waals surface area contributed by atoms with Gasteiger partial charge in [0.05, 0.1) is 6.04 Å². The van der Waals surface area contributed by atoms with Gasteiger partial charge in [0.15, 0.2) is 0 Å². The summed E-state index contributed by atoms with van der Waals surface area (Å²) in [6.45, 7) is 13.4. The second-order valence-corrected chi connectivity index (χ2v) is 6.13. The van der Waals surface area contributed by atoms with E-state index >= 15 is 0 Å². The number of carbonyl (C=O) groups is 1. The second-order valence-electron chi connectivity index (χ2n) is 6.13. The lowest BCUT2D eigenvalue weighted by Gasteiger charge is -2.36. The molecule has 2 unspecified atom stereocenters. The number of hydrogen-bond acceptors (Lipinski definition) is 3. The van der Waals surface area contributed by atoms with Crippen LogP contribution >= 0.6 is 0 Å². The summed E-state index contributed by atoms with van der Waals surface area (Å²) in [4.78, 5) is 14.2. The van der Waals surface area contributed by atoms with Crippen LogP contribution in [0.3, 0.4) is 0 Å². The molecule has 1 rings (SSSR count). The molecule has 112 valence electrons. The molecule has 0 aromatic rings. The van der Waals surface area contributed by atoms with E-state index in [9.17, 15) is 4.79 Å². The molecule has 4 nitrogen and oxygen atoms in total. The number of nitrogens with zero attached hydrogens (tertiary/aromatic N) is 1. The molecule has 1 heterocycles. The van der Waals surface area contributed by atoms with Gasteiger partial charge in [-0.3, -0.25) is 9.69 Å². The van der Waals surface area contributed by atoms with Gasteiger partial charge in [-0.2, -0.15) is 0 Å². The Hall–Kier alpha value is -0.610. The Morgan fingerprint density at radius 1 is 1.37 bits per heavy atom. The van der Waals surface area contributed by atoms with Gasteiger partial charge in [0.25, 0.3) is 0 Å². The molecular weight excluding hydrogens is 238 g/mol. The van der Waals surface area contributed by atoms with Gasteiger partial charge in [-0.25, -0.2) is 0 Å². The zero-order valence-corrected chi connectivity index (χ0v) is 13.0. The minimum absolute atomic E-state index is 0.00727. The van der Waals surface area contributed by atoms with Crippen molar-refractivity contribution < 1.29 is 4.79 Å². The lowest BCUT2D eigenvalue weighted by molar-refractivity contribution is -0.126. The van der Waals surface area contributed by atoms with Crippen molar-refractivity contribution in [3.05, 3.63) is 0 Å². The first-order chi connectivity index (χ1) is 9.04. The Morgan fingerprint density at radius 3 is 2.74 bits per heavy atom. The molecule has 4 heteroatoms. The molecule has 0 radical (unpaired) electrons. The zero-order valence-electron chi connectivity index (χ0n) is 13.0. The van der Waals surface area contributed by atoms with E-state index in [0.29, 0.717) is 11.8 Å². The Balaban J connectivity index is 2.34. The van der Waals surface area contributed by atoms with Gasteiger partial charge in [-0.15, -0.1) is 0 Å². The fourth-order valence-electron chi connectivity index (χ4n) is 2.68. The predicted molar refractivity (Wildman–Crippen MR) is 80.2 cm³/mol. The fourth-order valence-corrected chi connectivity index (χ4v) is 2.68. The highest BCUT2D eigenvalue weighted by Gasteiger charge is 2.26. The van der Waals surface area contributed by atoms with E-state index in [2.05, 4.69) is 29.4 Å². The van der Waals surface area contributed by atoms with Crippen LogP contribution in [-0.4, -0.2) is 49.6 Å². The first kappa shape index (κ1) is 16.4. The molecule has 0 spiro atoms. The fraction of sp³-hybridized carbons (Fsp3) is 0.933. The molecule has 0 aromatic carbocycles. The van der Waals surface area contributed by atoms with Crippen molar-refractivity contribution in [3.63, 3.8) is 0 Å². The molecule has 2 N–H and O–H groups in total. The van der Waals surface area contributed by atoms with Gasteiger partial charge in [-0.05, 0) is 58.2 Å². The average Bonchev–Trinajstić information content (AvgIpc) is 2.38. The van der Waals surface area contributed by atoms with E-state index < -0.39 is 0 Å². The molecule has 0 aromatic heterocycles. The first-order valence-corrected chi connectivity index (χ1v) is 7.77. The summed E-state index contributed by atoms with van der Waals surface area (Å²) in [6, 6.07) is 0.00727. The molecular formula is C15H31N3O. The number of hydrogen-bond donors (Lipinski definition) is 2. The standard InChI is InChI=1S/C15H31N3O/c1-5-17-15(19)13(4)18-8-6-7-14(11-18)10-16-9-12(2)3/h12-14,16H,5-11H2,1-4H3,(H,17,19). The Bertz CT molecular complexity index is 268. The number of piperidine rings is 1. The molecule has 1 aliphatic rings. The lowest BCUT2D eigenvalue weighted by Crippen LogP contribution is -2.50. The summed E-state index contributed by atoms with van der Waals surface area (Å²) < 4.78 is 0. The maximum Gasteiger partial charge on any atom is 0.237 e. The Labute approximate surface area is 118 Å². The van der Waals surface area contributed by atoms with Crippen LogP contribution in [0.1, 0.15) is 40.5 Å². The molecule has 0 saturated carbocycles. The number of likely N-dealkylation sites (tertiary alicyclic amines) is 1. The molecule has 0 aliphatic carbocycles. The average molecular weight is 269 g/mol. The minimum Gasteiger partial charge on any atom is -0.355 e. The highest BCUT2D eigenvalue weighted by molar-refractivity contribution is 5.81. The third-order valence-corrected chi connectivity index (χ3v) is 3.81. The Kier molecular flexibility index (Phi) is 7.39. The van der Waals surface area contributed by atoms with E-state index in [4.69, 9.17) is 0 Å². The SMILES string of the molecule is CCNC(=O)C(C)N1CCCC(CNCC(C)C)C1. The van der Waals surface area contributed by atoms with Crippen LogP contribution in [0.5, 0.6) is 0 Å². The predicted octanol–water partition coefficient (Wildman–Crippen LogP) is 1.47.